The first-order valence-corrected chi connectivity index (χ1v) is 15.9. The predicted octanol–water partition coefficient (Wildman–Crippen LogP) is 3.25. The number of nitrogens with zero attached hydrogens (tertiary/aromatic N) is 4. The second-order valence-corrected chi connectivity index (χ2v) is 11.2. The predicted molar refractivity (Wildman–Crippen MR) is 158 cm³/mol. The van der Waals surface area contributed by atoms with Crippen LogP contribution in [0.2, 0.25) is 0 Å². The summed E-state index contributed by atoms with van der Waals surface area (Å²) in [6, 6.07) is -0.699. The van der Waals surface area contributed by atoms with Gasteiger partial charge in [-0.25, -0.2) is 4.68 Å². The van der Waals surface area contributed by atoms with Gasteiger partial charge in [-0.05, 0) is 58.2 Å². The molecule has 0 aliphatic rings. The van der Waals surface area contributed by atoms with E-state index in [9.17, 15) is 20.4 Å². The van der Waals surface area contributed by atoms with Gasteiger partial charge in [0.15, 0.2) is 0 Å². The Kier molecular flexibility index (Phi) is 21.6. The maximum Gasteiger partial charge on any atom is 0.105 e. The average Bonchev–Trinajstić information content (AvgIpc) is 3.43. The molecule has 5 atom stereocenters. The highest BCUT2D eigenvalue weighted by Crippen LogP contribution is 2.18. The lowest BCUT2D eigenvalue weighted by molar-refractivity contribution is -0.0803. The third-order valence-electron chi connectivity index (χ3n) is 7.63. The molecule has 0 radical (unpaired) electrons. The number of aryl methyl sites for hydroxylation is 1. The zero-order chi connectivity index (χ0) is 29.6. The average molecular weight is 573 g/mol. The molecule has 0 bridgehead atoms. The summed E-state index contributed by atoms with van der Waals surface area (Å²) in [7, 11) is 0. The standard InChI is InChI=1S/C30H60N4O6/c1-4-7-9-14-18-33(19-15-10-8-5-2)20-16-12-11-13-17-25-21-34(32-31-25)26(30(39)27(36)6-3)23-40-24-29(38)28(37)22-35/h21,26-30,35-39H,4-20,22-24H2,1-3H3/t26-,27+,28-,29-,30-/m0/s1. The van der Waals surface area contributed by atoms with E-state index in [4.69, 9.17) is 9.84 Å². The van der Waals surface area contributed by atoms with Gasteiger partial charge in [-0.2, -0.15) is 0 Å². The van der Waals surface area contributed by atoms with Crippen LogP contribution in [0.4, 0.5) is 0 Å². The molecule has 0 saturated heterocycles. The second-order valence-electron chi connectivity index (χ2n) is 11.2. The largest absolute Gasteiger partial charge is 0.394 e. The molecule has 0 aromatic carbocycles. The molecule has 1 rings (SSSR count). The van der Waals surface area contributed by atoms with E-state index < -0.39 is 37.1 Å². The highest BCUT2D eigenvalue weighted by Gasteiger charge is 2.29. The molecule has 0 spiro atoms. The second kappa shape index (κ2) is 23.4. The molecule has 0 unspecified atom stereocenters. The van der Waals surface area contributed by atoms with Gasteiger partial charge in [0, 0.05) is 6.20 Å². The van der Waals surface area contributed by atoms with Crippen molar-refractivity contribution in [2.24, 2.45) is 0 Å². The van der Waals surface area contributed by atoms with E-state index in [1.165, 1.54) is 88.5 Å². The summed E-state index contributed by atoms with van der Waals surface area (Å²) in [5, 5.41) is 57.6. The van der Waals surface area contributed by atoms with Gasteiger partial charge in [0.2, 0.25) is 0 Å². The van der Waals surface area contributed by atoms with Crippen LogP contribution in [0.25, 0.3) is 0 Å². The molecule has 0 fully saturated rings. The highest BCUT2D eigenvalue weighted by molar-refractivity contribution is 4.95. The summed E-state index contributed by atoms with van der Waals surface area (Å²) in [5.41, 5.74) is 0.826. The molecule has 40 heavy (non-hydrogen) atoms. The summed E-state index contributed by atoms with van der Waals surface area (Å²) in [4.78, 5) is 2.67. The summed E-state index contributed by atoms with van der Waals surface area (Å²) in [6.45, 7) is 9.09. The Balaban J connectivity index is 2.49. The molecule has 5 N–H and O–H groups in total. The maximum atomic E-state index is 10.7. The van der Waals surface area contributed by atoms with Crippen LogP contribution in [0.3, 0.4) is 0 Å². The van der Waals surface area contributed by atoms with Crippen LogP contribution in [-0.2, 0) is 11.2 Å². The fourth-order valence-corrected chi connectivity index (χ4v) is 4.82. The molecule has 0 amide bonds. The van der Waals surface area contributed by atoms with E-state index in [1.54, 1.807) is 13.1 Å². The van der Waals surface area contributed by atoms with Crippen molar-refractivity contribution in [2.75, 3.05) is 39.5 Å². The molecule has 0 saturated carbocycles. The topological polar surface area (TPSA) is 144 Å². The quantitative estimate of drug-likeness (QED) is 0.100. The molecular weight excluding hydrogens is 512 g/mol. The molecule has 0 aliphatic carbocycles. The number of aliphatic hydroxyl groups excluding tert-OH is 5. The van der Waals surface area contributed by atoms with Crippen LogP contribution in [0.15, 0.2) is 6.20 Å². The van der Waals surface area contributed by atoms with Gasteiger partial charge in [0.1, 0.15) is 24.4 Å². The lowest BCUT2D eigenvalue weighted by Gasteiger charge is -2.26. The van der Waals surface area contributed by atoms with Crippen molar-refractivity contribution in [1.82, 2.24) is 19.9 Å². The Hall–Kier alpha value is -1.14. The highest BCUT2D eigenvalue weighted by atomic mass is 16.5. The lowest BCUT2D eigenvalue weighted by Crippen LogP contribution is -2.39. The number of hydrogen-bond donors (Lipinski definition) is 5. The van der Waals surface area contributed by atoms with Crippen molar-refractivity contribution in [3.63, 3.8) is 0 Å². The molecular formula is C30H60N4O6. The molecule has 1 aromatic heterocycles. The Bertz CT molecular complexity index is 697. The zero-order valence-electron chi connectivity index (χ0n) is 25.5. The first-order valence-electron chi connectivity index (χ1n) is 15.9. The van der Waals surface area contributed by atoms with E-state index in [-0.39, 0.29) is 13.2 Å². The van der Waals surface area contributed by atoms with E-state index in [0.29, 0.717) is 6.42 Å². The number of hydrogen-bond acceptors (Lipinski definition) is 9. The van der Waals surface area contributed by atoms with Crippen LogP contribution < -0.4 is 0 Å². The molecule has 1 aromatic rings. The third kappa shape index (κ3) is 15.7. The van der Waals surface area contributed by atoms with Gasteiger partial charge in [-0.1, -0.05) is 77.4 Å². The molecule has 10 heteroatoms. The minimum atomic E-state index is -1.30. The minimum Gasteiger partial charge on any atom is -0.394 e. The normalized spacial score (nSPS) is 15.8. The number of aromatic nitrogens is 3. The van der Waals surface area contributed by atoms with Crippen molar-refractivity contribution >= 4 is 0 Å². The van der Waals surface area contributed by atoms with Crippen molar-refractivity contribution < 1.29 is 30.3 Å². The summed E-state index contributed by atoms with van der Waals surface area (Å²) in [5.74, 6) is 0. The van der Waals surface area contributed by atoms with Crippen LogP contribution in [0.1, 0.15) is 116 Å². The van der Waals surface area contributed by atoms with Crippen molar-refractivity contribution in [3.8, 4) is 0 Å². The smallest absolute Gasteiger partial charge is 0.105 e. The van der Waals surface area contributed by atoms with Crippen LogP contribution in [0, 0.1) is 0 Å². The molecule has 1 heterocycles. The van der Waals surface area contributed by atoms with Gasteiger partial charge in [0.05, 0.1) is 31.6 Å². The minimum absolute atomic E-state index is 0.0381. The van der Waals surface area contributed by atoms with Crippen LogP contribution >= 0.6 is 0 Å². The summed E-state index contributed by atoms with van der Waals surface area (Å²) >= 11 is 0. The Labute approximate surface area is 242 Å². The summed E-state index contributed by atoms with van der Waals surface area (Å²) < 4.78 is 7.01. The lowest BCUT2D eigenvalue weighted by atomic mass is 10.0. The van der Waals surface area contributed by atoms with Gasteiger partial charge in [0.25, 0.3) is 0 Å². The van der Waals surface area contributed by atoms with Crippen molar-refractivity contribution in [2.45, 2.75) is 141 Å². The van der Waals surface area contributed by atoms with E-state index >= 15 is 0 Å². The molecule has 10 nitrogen and oxygen atoms in total. The zero-order valence-corrected chi connectivity index (χ0v) is 25.5. The third-order valence-corrected chi connectivity index (χ3v) is 7.63. The van der Waals surface area contributed by atoms with E-state index in [1.807, 2.05) is 0 Å². The number of unbranched alkanes of at least 4 members (excludes halogenated alkanes) is 9. The number of rotatable bonds is 27. The maximum absolute atomic E-state index is 10.7. The van der Waals surface area contributed by atoms with Gasteiger partial charge >= 0.3 is 0 Å². The first-order chi connectivity index (χ1) is 19.4. The Morgan fingerprint density at radius 2 is 1.32 bits per heavy atom. The van der Waals surface area contributed by atoms with E-state index in [2.05, 4.69) is 29.1 Å². The van der Waals surface area contributed by atoms with E-state index in [0.717, 1.165) is 25.0 Å². The summed E-state index contributed by atoms with van der Waals surface area (Å²) in [6.07, 6.45) is 13.3. The number of ether oxygens (including phenoxy) is 1. The molecule has 236 valence electrons. The fourth-order valence-electron chi connectivity index (χ4n) is 4.82. The Morgan fingerprint density at radius 3 is 1.88 bits per heavy atom. The SMILES string of the molecule is CCCCCCN(CCCCCC)CCCCCCc1cn([C@@H](COC[C@H](O)[C@@H](O)CO)[C@H](O)[C@H](O)CC)nn1. The van der Waals surface area contributed by atoms with Gasteiger partial charge in [-0.3, -0.25) is 0 Å². The monoisotopic (exact) mass is 572 g/mol. The fraction of sp³-hybridized carbons (Fsp3) is 0.933. The Morgan fingerprint density at radius 1 is 0.750 bits per heavy atom. The van der Waals surface area contributed by atoms with Crippen LogP contribution in [-0.4, -0.2) is 109 Å². The first kappa shape index (κ1) is 36.9. The van der Waals surface area contributed by atoms with Gasteiger partial charge < -0.3 is 35.2 Å². The molecule has 0 aliphatic heterocycles. The van der Waals surface area contributed by atoms with Crippen molar-refractivity contribution in [3.05, 3.63) is 11.9 Å². The van der Waals surface area contributed by atoms with Gasteiger partial charge in [-0.15, -0.1) is 5.10 Å². The number of aliphatic hydroxyl groups is 5. The van der Waals surface area contributed by atoms with Crippen molar-refractivity contribution in [1.29, 1.82) is 0 Å². The van der Waals surface area contributed by atoms with Crippen LogP contribution in [0.5, 0.6) is 0 Å².